The van der Waals surface area contributed by atoms with Crippen molar-refractivity contribution in [2.24, 2.45) is 4.99 Å². The van der Waals surface area contributed by atoms with Crippen LogP contribution in [0, 0.1) is 0 Å². The summed E-state index contributed by atoms with van der Waals surface area (Å²) < 4.78 is 5.13. The van der Waals surface area contributed by atoms with E-state index in [9.17, 15) is 0 Å². The number of nitrogens with zero attached hydrogens (tertiary/aromatic N) is 2. The average molecular weight is 216 g/mol. The molecule has 0 N–H and O–H groups in total. The van der Waals surface area contributed by atoms with Gasteiger partial charge in [-0.25, -0.2) is 4.99 Å². The molecule has 0 spiro atoms. The molecule has 0 saturated carbocycles. The van der Waals surface area contributed by atoms with Crippen LogP contribution in [0.1, 0.15) is 19.5 Å². The van der Waals surface area contributed by atoms with Crippen molar-refractivity contribution in [2.75, 3.05) is 6.61 Å². The molecule has 3 nitrogen and oxygen atoms in total. The molecule has 0 radical (unpaired) electrons. The Morgan fingerprint density at radius 1 is 1.56 bits per heavy atom. The number of hydrogen-bond donors (Lipinski definition) is 0. The third kappa shape index (κ3) is 3.69. The summed E-state index contributed by atoms with van der Waals surface area (Å²) in [7, 11) is 0. The molecule has 16 heavy (non-hydrogen) atoms. The van der Waals surface area contributed by atoms with Crippen molar-refractivity contribution < 1.29 is 4.74 Å². The highest BCUT2D eigenvalue weighted by Gasteiger charge is 1.97. The maximum absolute atomic E-state index is 5.13. The fourth-order valence-corrected chi connectivity index (χ4v) is 1.17. The third-order valence-corrected chi connectivity index (χ3v) is 1.93. The third-order valence-electron chi connectivity index (χ3n) is 1.93. The highest BCUT2D eigenvalue weighted by molar-refractivity contribution is 6.09. The lowest BCUT2D eigenvalue weighted by molar-refractivity contribution is 0.229. The summed E-state index contributed by atoms with van der Waals surface area (Å²) in [5, 5.41) is 0. The van der Waals surface area contributed by atoms with Gasteiger partial charge in [0.05, 0.1) is 12.3 Å². The summed E-state index contributed by atoms with van der Waals surface area (Å²) in [6, 6.07) is 5.76. The first-order valence-corrected chi connectivity index (χ1v) is 5.21. The van der Waals surface area contributed by atoms with Gasteiger partial charge in [-0.05, 0) is 32.6 Å². The number of hydrogen-bond acceptors (Lipinski definition) is 3. The molecule has 0 unspecified atom stereocenters. The number of aromatic nitrogens is 1. The van der Waals surface area contributed by atoms with E-state index in [1.165, 1.54) is 0 Å². The van der Waals surface area contributed by atoms with Crippen LogP contribution in [0.2, 0.25) is 0 Å². The molecule has 0 saturated heterocycles. The minimum atomic E-state index is 0.415. The predicted molar refractivity (Wildman–Crippen MR) is 67.1 cm³/mol. The van der Waals surface area contributed by atoms with Gasteiger partial charge >= 0.3 is 0 Å². The van der Waals surface area contributed by atoms with E-state index in [1.807, 2.05) is 38.1 Å². The Balaban J connectivity index is 2.75. The molecule has 0 aliphatic heterocycles. The number of allylic oxidation sites excluding steroid dienone is 2. The lowest BCUT2D eigenvalue weighted by Crippen LogP contribution is -1.91. The van der Waals surface area contributed by atoms with Gasteiger partial charge in [-0.1, -0.05) is 12.1 Å². The van der Waals surface area contributed by atoms with Gasteiger partial charge in [-0.2, -0.15) is 0 Å². The molecule has 1 aromatic heterocycles. The van der Waals surface area contributed by atoms with Gasteiger partial charge in [0, 0.05) is 18.0 Å². The summed E-state index contributed by atoms with van der Waals surface area (Å²) in [4.78, 5) is 8.36. The SMILES string of the molecule is C=C(N=C/C(=C\C)c1ccccn1)OCC. The molecule has 0 fully saturated rings. The van der Waals surface area contributed by atoms with Crippen LogP contribution in [0.4, 0.5) is 0 Å². The summed E-state index contributed by atoms with van der Waals surface area (Å²) in [5.41, 5.74) is 1.83. The Morgan fingerprint density at radius 3 is 2.94 bits per heavy atom. The predicted octanol–water partition coefficient (Wildman–Crippen LogP) is 3.06. The van der Waals surface area contributed by atoms with Crippen LogP contribution in [-0.2, 0) is 4.74 Å². The molecule has 1 aromatic rings. The second-order valence-electron chi connectivity index (χ2n) is 3.04. The van der Waals surface area contributed by atoms with E-state index in [-0.39, 0.29) is 0 Å². The van der Waals surface area contributed by atoms with E-state index in [0.29, 0.717) is 12.5 Å². The summed E-state index contributed by atoms with van der Waals surface area (Å²) in [6.45, 7) is 8.09. The van der Waals surface area contributed by atoms with Gasteiger partial charge in [-0.15, -0.1) is 0 Å². The Hall–Kier alpha value is -1.90. The van der Waals surface area contributed by atoms with E-state index in [0.717, 1.165) is 11.3 Å². The molecule has 1 rings (SSSR count). The van der Waals surface area contributed by atoms with E-state index in [2.05, 4.69) is 16.6 Å². The molecule has 0 aliphatic carbocycles. The van der Waals surface area contributed by atoms with Crippen LogP contribution in [0.25, 0.3) is 5.57 Å². The molecule has 1 heterocycles. The van der Waals surface area contributed by atoms with Gasteiger partial charge in [-0.3, -0.25) is 4.98 Å². The minimum absolute atomic E-state index is 0.415. The molecule has 0 amide bonds. The Labute approximate surface area is 96.2 Å². The molecule has 0 aromatic carbocycles. The van der Waals surface area contributed by atoms with Crippen molar-refractivity contribution in [2.45, 2.75) is 13.8 Å². The van der Waals surface area contributed by atoms with Gasteiger partial charge in [0.1, 0.15) is 0 Å². The first-order valence-electron chi connectivity index (χ1n) is 5.21. The molecular weight excluding hydrogens is 200 g/mol. The summed E-state index contributed by atoms with van der Waals surface area (Å²) >= 11 is 0. The first-order chi connectivity index (χ1) is 7.77. The quantitative estimate of drug-likeness (QED) is 0.560. The van der Waals surface area contributed by atoms with E-state index >= 15 is 0 Å². The number of aliphatic imine (C=N–C) groups is 1. The van der Waals surface area contributed by atoms with Gasteiger partial charge in [0.2, 0.25) is 5.88 Å². The molecular formula is C13H16N2O. The number of pyridine rings is 1. The maximum Gasteiger partial charge on any atom is 0.205 e. The molecule has 0 aliphatic rings. The number of ether oxygens (including phenoxy) is 1. The average Bonchev–Trinajstić information content (AvgIpc) is 2.31. The molecule has 0 bridgehead atoms. The Kier molecular flexibility index (Phi) is 4.99. The smallest absolute Gasteiger partial charge is 0.205 e. The lowest BCUT2D eigenvalue weighted by atomic mass is 10.2. The zero-order valence-electron chi connectivity index (χ0n) is 9.68. The van der Waals surface area contributed by atoms with Crippen molar-refractivity contribution in [1.29, 1.82) is 0 Å². The van der Waals surface area contributed by atoms with Gasteiger partial charge < -0.3 is 4.74 Å². The van der Waals surface area contributed by atoms with Crippen LogP contribution in [0.3, 0.4) is 0 Å². The van der Waals surface area contributed by atoms with E-state index in [4.69, 9.17) is 4.74 Å². The van der Waals surface area contributed by atoms with Crippen molar-refractivity contribution in [1.82, 2.24) is 4.98 Å². The van der Waals surface area contributed by atoms with Crippen molar-refractivity contribution in [3.05, 3.63) is 48.6 Å². The fraction of sp³-hybridized carbons (Fsp3) is 0.231. The van der Waals surface area contributed by atoms with Crippen molar-refractivity contribution in [3.8, 4) is 0 Å². The summed E-state index contributed by atoms with van der Waals surface area (Å²) in [6.07, 6.45) is 5.41. The van der Waals surface area contributed by atoms with Crippen LogP contribution in [-0.4, -0.2) is 17.8 Å². The van der Waals surface area contributed by atoms with E-state index < -0.39 is 0 Å². The van der Waals surface area contributed by atoms with Crippen molar-refractivity contribution in [3.63, 3.8) is 0 Å². The van der Waals surface area contributed by atoms with E-state index in [1.54, 1.807) is 12.4 Å². The van der Waals surface area contributed by atoms with Gasteiger partial charge in [0.15, 0.2) is 0 Å². The lowest BCUT2D eigenvalue weighted by Gasteiger charge is -2.01. The Morgan fingerprint density at radius 2 is 2.38 bits per heavy atom. The standard InChI is InChI=1S/C13H16N2O/c1-4-12(10-15-11(3)16-5-2)13-8-6-7-9-14-13/h4,6-10H,3,5H2,1-2H3/b12-4+,15-10?. The minimum Gasteiger partial charge on any atom is -0.478 e. The van der Waals surface area contributed by atoms with Crippen LogP contribution in [0.5, 0.6) is 0 Å². The zero-order valence-corrected chi connectivity index (χ0v) is 9.68. The second-order valence-corrected chi connectivity index (χ2v) is 3.04. The summed E-state index contributed by atoms with van der Waals surface area (Å²) in [5.74, 6) is 0.415. The van der Waals surface area contributed by atoms with Crippen LogP contribution >= 0.6 is 0 Å². The van der Waals surface area contributed by atoms with Crippen LogP contribution < -0.4 is 0 Å². The maximum atomic E-state index is 5.13. The number of rotatable bonds is 5. The second kappa shape index (κ2) is 6.56. The van der Waals surface area contributed by atoms with Gasteiger partial charge in [0.25, 0.3) is 0 Å². The molecule has 84 valence electrons. The first kappa shape index (κ1) is 12.2. The zero-order chi connectivity index (χ0) is 11.8. The topological polar surface area (TPSA) is 34.5 Å². The van der Waals surface area contributed by atoms with Crippen LogP contribution in [0.15, 0.2) is 47.9 Å². The van der Waals surface area contributed by atoms with Crippen molar-refractivity contribution >= 4 is 11.8 Å². The Bertz CT molecular complexity index is 394. The fourth-order valence-electron chi connectivity index (χ4n) is 1.17. The molecule has 3 heteroatoms. The largest absolute Gasteiger partial charge is 0.478 e. The normalized spacial score (nSPS) is 11.8. The monoisotopic (exact) mass is 216 g/mol. The highest BCUT2D eigenvalue weighted by atomic mass is 16.5. The molecule has 0 atom stereocenters. The highest BCUT2D eigenvalue weighted by Crippen LogP contribution is 2.09.